The summed E-state index contributed by atoms with van der Waals surface area (Å²) in [5.74, 6) is -1.62. The van der Waals surface area contributed by atoms with Crippen molar-refractivity contribution in [2.75, 3.05) is 5.32 Å². The van der Waals surface area contributed by atoms with Gasteiger partial charge in [-0.1, -0.05) is 18.2 Å². The molecule has 0 heterocycles. The Morgan fingerprint density at radius 2 is 1.94 bits per heavy atom. The van der Waals surface area contributed by atoms with Crippen LogP contribution in [0.3, 0.4) is 0 Å². The van der Waals surface area contributed by atoms with Gasteiger partial charge in [-0.15, -0.1) is 0 Å². The van der Waals surface area contributed by atoms with E-state index < -0.39 is 11.6 Å². The molecule has 0 aliphatic heterocycles. The Morgan fingerprint density at radius 1 is 1.17 bits per heavy atom. The lowest BCUT2D eigenvalue weighted by molar-refractivity contribution is 0.500. The van der Waals surface area contributed by atoms with E-state index in [2.05, 4.69) is 21.2 Å². The second kappa shape index (κ2) is 5.48. The minimum absolute atomic E-state index is 0.242. The Kier molecular flexibility index (Phi) is 3.97. The molecule has 4 heteroatoms. The first-order valence-corrected chi connectivity index (χ1v) is 6.30. The molecule has 0 aliphatic rings. The van der Waals surface area contributed by atoms with Gasteiger partial charge in [0.05, 0.1) is 0 Å². The van der Waals surface area contributed by atoms with E-state index in [0.717, 1.165) is 21.8 Å². The summed E-state index contributed by atoms with van der Waals surface area (Å²) in [6, 6.07) is 10.0. The highest BCUT2D eigenvalue weighted by molar-refractivity contribution is 9.10. The number of benzene rings is 2. The third-order valence-corrected chi connectivity index (χ3v) is 3.31. The zero-order chi connectivity index (χ0) is 13.1. The van der Waals surface area contributed by atoms with Gasteiger partial charge >= 0.3 is 0 Å². The number of halogens is 3. The fourth-order valence-corrected chi connectivity index (χ4v) is 2.04. The van der Waals surface area contributed by atoms with Crippen molar-refractivity contribution < 1.29 is 8.78 Å². The van der Waals surface area contributed by atoms with Crippen LogP contribution >= 0.6 is 15.9 Å². The highest BCUT2D eigenvalue weighted by atomic mass is 79.9. The van der Waals surface area contributed by atoms with Gasteiger partial charge in [-0.3, -0.25) is 0 Å². The van der Waals surface area contributed by atoms with Gasteiger partial charge in [0.2, 0.25) is 0 Å². The highest BCUT2D eigenvalue weighted by Crippen LogP contribution is 2.24. The van der Waals surface area contributed by atoms with E-state index >= 15 is 0 Å². The smallest absolute Gasteiger partial charge is 0.163 e. The monoisotopic (exact) mass is 311 g/mol. The van der Waals surface area contributed by atoms with E-state index in [0.29, 0.717) is 5.56 Å². The summed E-state index contributed by atoms with van der Waals surface area (Å²) in [4.78, 5) is 0. The summed E-state index contributed by atoms with van der Waals surface area (Å²) in [5, 5.41) is 3.08. The van der Waals surface area contributed by atoms with Gasteiger partial charge in [0.25, 0.3) is 0 Å². The van der Waals surface area contributed by atoms with Crippen LogP contribution in [0.25, 0.3) is 0 Å². The Morgan fingerprint density at radius 3 is 2.72 bits per heavy atom. The third kappa shape index (κ3) is 2.88. The van der Waals surface area contributed by atoms with Crippen LogP contribution in [0.1, 0.15) is 11.1 Å². The molecule has 0 atom stereocenters. The van der Waals surface area contributed by atoms with Crippen LogP contribution in [0, 0.1) is 18.6 Å². The molecule has 0 amide bonds. The van der Waals surface area contributed by atoms with E-state index in [1.165, 1.54) is 6.07 Å². The fourth-order valence-electron chi connectivity index (χ4n) is 1.65. The molecule has 94 valence electrons. The van der Waals surface area contributed by atoms with Crippen LogP contribution in [0.15, 0.2) is 40.9 Å². The van der Waals surface area contributed by atoms with E-state index in [1.807, 2.05) is 25.1 Å². The molecule has 1 nitrogen and oxygen atoms in total. The minimum Gasteiger partial charge on any atom is -0.380 e. The van der Waals surface area contributed by atoms with Gasteiger partial charge in [-0.25, -0.2) is 8.78 Å². The molecule has 0 saturated heterocycles. The van der Waals surface area contributed by atoms with Crippen molar-refractivity contribution in [1.29, 1.82) is 0 Å². The van der Waals surface area contributed by atoms with E-state index in [1.54, 1.807) is 6.07 Å². The van der Waals surface area contributed by atoms with Crippen LogP contribution in [0.2, 0.25) is 0 Å². The molecule has 0 spiro atoms. The van der Waals surface area contributed by atoms with Crippen LogP contribution in [-0.4, -0.2) is 0 Å². The zero-order valence-corrected chi connectivity index (χ0v) is 11.4. The summed E-state index contributed by atoms with van der Waals surface area (Å²) < 4.78 is 27.4. The maximum Gasteiger partial charge on any atom is 0.163 e. The van der Waals surface area contributed by atoms with Crippen LogP contribution < -0.4 is 5.32 Å². The molecule has 0 bridgehead atoms. The second-order valence-corrected chi connectivity index (χ2v) is 4.90. The van der Waals surface area contributed by atoms with Crippen LogP contribution in [0.4, 0.5) is 14.5 Å². The lowest BCUT2D eigenvalue weighted by atomic mass is 10.2. The van der Waals surface area contributed by atoms with Crippen molar-refractivity contribution in [2.24, 2.45) is 0 Å². The van der Waals surface area contributed by atoms with Crippen molar-refractivity contribution in [1.82, 2.24) is 0 Å². The first kappa shape index (κ1) is 13.0. The summed E-state index contributed by atoms with van der Waals surface area (Å²) in [6.45, 7) is 2.21. The van der Waals surface area contributed by atoms with Gasteiger partial charge in [0, 0.05) is 22.3 Å². The molecule has 0 saturated carbocycles. The van der Waals surface area contributed by atoms with Crippen molar-refractivity contribution in [3.05, 3.63) is 63.6 Å². The van der Waals surface area contributed by atoms with Crippen molar-refractivity contribution in [3.63, 3.8) is 0 Å². The summed E-state index contributed by atoms with van der Waals surface area (Å²) in [6.07, 6.45) is 0. The van der Waals surface area contributed by atoms with Crippen LogP contribution in [-0.2, 0) is 6.54 Å². The molecule has 0 aliphatic carbocycles. The third-order valence-electron chi connectivity index (χ3n) is 2.62. The largest absolute Gasteiger partial charge is 0.380 e. The topological polar surface area (TPSA) is 12.0 Å². The molecule has 0 unspecified atom stereocenters. The number of hydrogen-bond acceptors (Lipinski definition) is 1. The number of hydrogen-bond donors (Lipinski definition) is 1. The molecule has 2 aromatic rings. The maximum atomic E-state index is 13.5. The summed E-state index contributed by atoms with van der Waals surface area (Å²) in [7, 11) is 0. The number of aryl methyl sites for hydroxylation is 1. The first-order chi connectivity index (χ1) is 8.58. The molecular weight excluding hydrogens is 300 g/mol. The number of anilines is 1. The standard InChI is InChI=1S/C14H12BrF2N/c1-9-5-6-11(15)13(7-9)18-8-10-3-2-4-12(16)14(10)17/h2-7,18H,8H2,1H3. The Labute approximate surface area is 113 Å². The van der Waals surface area contributed by atoms with Crippen molar-refractivity contribution in [2.45, 2.75) is 13.5 Å². The lowest BCUT2D eigenvalue weighted by Crippen LogP contribution is -2.03. The van der Waals surface area contributed by atoms with Gasteiger partial charge < -0.3 is 5.32 Å². The molecule has 0 fully saturated rings. The number of nitrogens with one attached hydrogen (secondary N) is 1. The predicted octanol–water partition coefficient (Wildman–Crippen LogP) is 4.65. The second-order valence-electron chi connectivity index (χ2n) is 4.05. The van der Waals surface area contributed by atoms with Crippen molar-refractivity contribution >= 4 is 21.6 Å². The fraction of sp³-hybridized carbons (Fsp3) is 0.143. The quantitative estimate of drug-likeness (QED) is 0.870. The molecule has 2 aromatic carbocycles. The van der Waals surface area contributed by atoms with Gasteiger partial charge in [-0.05, 0) is 46.6 Å². The summed E-state index contributed by atoms with van der Waals surface area (Å²) >= 11 is 3.41. The SMILES string of the molecule is Cc1ccc(Br)c(NCc2cccc(F)c2F)c1. The Hall–Kier alpha value is -1.42. The maximum absolute atomic E-state index is 13.5. The normalized spacial score (nSPS) is 10.4. The van der Waals surface area contributed by atoms with E-state index in [9.17, 15) is 8.78 Å². The van der Waals surface area contributed by atoms with Gasteiger partial charge in [0.1, 0.15) is 0 Å². The molecule has 0 aromatic heterocycles. The van der Waals surface area contributed by atoms with Crippen LogP contribution in [0.5, 0.6) is 0 Å². The first-order valence-electron chi connectivity index (χ1n) is 5.51. The average molecular weight is 312 g/mol. The van der Waals surface area contributed by atoms with E-state index in [4.69, 9.17) is 0 Å². The molecule has 18 heavy (non-hydrogen) atoms. The zero-order valence-electron chi connectivity index (χ0n) is 9.81. The molecular formula is C14H12BrF2N. The van der Waals surface area contributed by atoms with E-state index in [-0.39, 0.29) is 6.54 Å². The highest BCUT2D eigenvalue weighted by Gasteiger charge is 2.07. The Balaban J connectivity index is 2.16. The molecule has 2 rings (SSSR count). The average Bonchev–Trinajstić information content (AvgIpc) is 2.35. The predicted molar refractivity (Wildman–Crippen MR) is 72.6 cm³/mol. The minimum atomic E-state index is -0.822. The van der Waals surface area contributed by atoms with Gasteiger partial charge in [-0.2, -0.15) is 0 Å². The number of rotatable bonds is 3. The molecule has 1 N–H and O–H groups in total. The van der Waals surface area contributed by atoms with Crippen molar-refractivity contribution in [3.8, 4) is 0 Å². The lowest BCUT2D eigenvalue weighted by Gasteiger charge is -2.10. The Bertz CT molecular complexity index is 568. The summed E-state index contributed by atoms with van der Waals surface area (Å²) in [5.41, 5.74) is 2.27. The van der Waals surface area contributed by atoms with Gasteiger partial charge in [0.15, 0.2) is 11.6 Å². The molecule has 0 radical (unpaired) electrons.